The molecule has 5 rings (SSSR count). The van der Waals surface area contributed by atoms with Crippen molar-refractivity contribution in [1.29, 1.82) is 0 Å². The molecule has 2 heterocycles. The summed E-state index contributed by atoms with van der Waals surface area (Å²) in [5, 5.41) is 9.95. The molecule has 0 saturated heterocycles. The van der Waals surface area contributed by atoms with Crippen LogP contribution in [-0.2, 0) is 18.5 Å². The van der Waals surface area contributed by atoms with Gasteiger partial charge in [0.2, 0.25) is 0 Å². The molecule has 0 unspecified atom stereocenters. The Balaban J connectivity index is 1.35. The molecule has 3 N–H and O–H groups in total. The highest BCUT2D eigenvalue weighted by Crippen LogP contribution is 2.31. The molecular formula is C27H27N5O. The second-order valence-corrected chi connectivity index (χ2v) is 9.05. The summed E-state index contributed by atoms with van der Waals surface area (Å²) in [6.07, 6.45) is 3.39. The number of nitrogens with zero attached hydrogens (tertiary/aromatic N) is 2. The van der Waals surface area contributed by atoms with E-state index in [-0.39, 0.29) is 11.3 Å². The lowest BCUT2D eigenvalue weighted by molar-refractivity contribution is 0.102. The van der Waals surface area contributed by atoms with Gasteiger partial charge in [-0.2, -0.15) is 0 Å². The molecule has 0 spiro atoms. The van der Waals surface area contributed by atoms with Crippen LogP contribution in [-0.4, -0.2) is 22.4 Å². The molecule has 0 aliphatic carbocycles. The fourth-order valence-corrected chi connectivity index (χ4v) is 4.50. The number of benzene rings is 3. The molecule has 1 amide bonds. The van der Waals surface area contributed by atoms with Gasteiger partial charge >= 0.3 is 0 Å². The Morgan fingerprint density at radius 3 is 2.79 bits per heavy atom. The Hall–Kier alpha value is -3.77. The molecule has 0 saturated carbocycles. The fourth-order valence-electron chi connectivity index (χ4n) is 4.50. The number of carbonyl (C=O) groups is 1. The highest BCUT2D eigenvalue weighted by Gasteiger charge is 2.27. The maximum Gasteiger partial charge on any atom is 0.257 e. The molecule has 1 aliphatic heterocycles. The third-order valence-electron chi connectivity index (χ3n) is 6.20. The molecular weight excluding hydrogens is 410 g/mol. The van der Waals surface area contributed by atoms with Crippen molar-refractivity contribution in [3.63, 3.8) is 0 Å². The van der Waals surface area contributed by atoms with Crippen molar-refractivity contribution < 1.29 is 4.79 Å². The van der Waals surface area contributed by atoms with Gasteiger partial charge in [-0.25, -0.2) is 0 Å². The average Bonchev–Trinajstić information content (AvgIpc) is 2.82. The summed E-state index contributed by atoms with van der Waals surface area (Å²) in [5.74, 6) is -0.140. The van der Waals surface area contributed by atoms with Crippen LogP contribution in [0.2, 0.25) is 0 Å². The zero-order chi connectivity index (χ0) is 22.8. The van der Waals surface area contributed by atoms with Crippen LogP contribution >= 0.6 is 0 Å². The third kappa shape index (κ3) is 4.30. The number of hydrogen-bond donors (Lipinski definition) is 3. The van der Waals surface area contributed by atoms with E-state index in [9.17, 15) is 4.79 Å². The third-order valence-corrected chi connectivity index (χ3v) is 6.20. The molecule has 4 aromatic rings. The minimum absolute atomic E-state index is 0.0820. The van der Waals surface area contributed by atoms with E-state index in [0.29, 0.717) is 12.1 Å². The molecule has 0 radical (unpaired) electrons. The van der Waals surface area contributed by atoms with E-state index in [2.05, 4.69) is 51.9 Å². The first-order valence-corrected chi connectivity index (χ1v) is 11.2. The summed E-state index contributed by atoms with van der Waals surface area (Å²) in [6.45, 7) is 6.78. The van der Waals surface area contributed by atoms with Crippen LogP contribution in [0.15, 0.2) is 73.1 Å². The van der Waals surface area contributed by atoms with Gasteiger partial charge in [-0.05, 0) is 47.0 Å². The van der Waals surface area contributed by atoms with Gasteiger partial charge in [-0.1, -0.05) is 44.2 Å². The number of nitrogens with one attached hydrogen (secondary N) is 3. The normalized spacial score (nSPS) is 14.5. The Kier molecular flexibility index (Phi) is 5.52. The summed E-state index contributed by atoms with van der Waals surface area (Å²) in [6, 6.07) is 19.7. The molecule has 0 bridgehead atoms. The molecule has 0 atom stereocenters. The van der Waals surface area contributed by atoms with Crippen molar-refractivity contribution in [2.75, 3.05) is 17.2 Å². The summed E-state index contributed by atoms with van der Waals surface area (Å²) in [4.78, 5) is 22.0. The summed E-state index contributed by atoms with van der Waals surface area (Å²) < 4.78 is 0. The molecule has 1 aliphatic rings. The number of hydrogen-bond acceptors (Lipinski definition) is 5. The zero-order valence-electron chi connectivity index (χ0n) is 18.9. The van der Waals surface area contributed by atoms with E-state index in [1.54, 1.807) is 12.4 Å². The van der Waals surface area contributed by atoms with Crippen LogP contribution in [0.4, 0.5) is 11.4 Å². The molecule has 1 aromatic heterocycles. The SMILES string of the molecule is CC1(C)CNCc2cc(NC(=O)c3ccccc3NCc3cccc4nccnc34)ccc21. The first kappa shape index (κ1) is 21.1. The highest BCUT2D eigenvalue weighted by molar-refractivity contribution is 6.08. The van der Waals surface area contributed by atoms with E-state index in [1.807, 2.05) is 48.5 Å². The van der Waals surface area contributed by atoms with E-state index in [4.69, 9.17) is 0 Å². The number of anilines is 2. The number of carbonyl (C=O) groups excluding carboxylic acids is 1. The Morgan fingerprint density at radius 1 is 1.03 bits per heavy atom. The summed E-state index contributed by atoms with van der Waals surface area (Å²) in [5.41, 5.74) is 7.56. The second kappa shape index (κ2) is 8.64. The van der Waals surface area contributed by atoms with Crippen LogP contribution in [0.3, 0.4) is 0 Å². The van der Waals surface area contributed by atoms with Crippen molar-refractivity contribution in [3.8, 4) is 0 Å². The second-order valence-electron chi connectivity index (χ2n) is 9.05. The van der Waals surface area contributed by atoms with Gasteiger partial charge in [0.05, 0.1) is 16.6 Å². The maximum atomic E-state index is 13.2. The number of fused-ring (bicyclic) bond motifs is 2. The van der Waals surface area contributed by atoms with Crippen molar-refractivity contribution in [2.45, 2.75) is 32.4 Å². The number of rotatable bonds is 5. The van der Waals surface area contributed by atoms with Crippen molar-refractivity contribution in [1.82, 2.24) is 15.3 Å². The van der Waals surface area contributed by atoms with E-state index < -0.39 is 0 Å². The Labute approximate surface area is 193 Å². The molecule has 6 nitrogen and oxygen atoms in total. The molecule has 0 fully saturated rings. The predicted molar refractivity (Wildman–Crippen MR) is 132 cm³/mol. The van der Waals surface area contributed by atoms with Crippen molar-refractivity contribution in [3.05, 3.63) is 95.3 Å². The smallest absolute Gasteiger partial charge is 0.257 e. The van der Waals surface area contributed by atoms with Crippen molar-refractivity contribution >= 4 is 28.3 Å². The molecule has 3 aromatic carbocycles. The first-order valence-electron chi connectivity index (χ1n) is 11.2. The number of para-hydroxylation sites is 2. The molecule has 166 valence electrons. The molecule has 33 heavy (non-hydrogen) atoms. The summed E-state index contributed by atoms with van der Waals surface area (Å²) in [7, 11) is 0. The minimum atomic E-state index is -0.140. The number of aromatic nitrogens is 2. The van der Waals surface area contributed by atoms with Crippen LogP contribution in [0.25, 0.3) is 11.0 Å². The Bertz CT molecular complexity index is 1330. The van der Waals surface area contributed by atoms with Crippen LogP contribution in [0, 0.1) is 0 Å². The van der Waals surface area contributed by atoms with Gasteiger partial charge in [0.1, 0.15) is 0 Å². The zero-order valence-corrected chi connectivity index (χ0v) is 18.9. The minimum Gasteiger partial charge on any atom is -0.380 e. The number of amides is 1. The van der Waals surface area contributed by atoms with Gasteiger partial charge in [-0.3, -0.25) is 14.8 Å². The van der Waals surface area contributed by atoms with E-state index in [0.717, 1.165) is 41.1 Å². The van der Waals surface area contributed by atoms with E-state index in [1.165, 1.54) is 11.1 Å². The molecule has 6 heteroatoms. The van der Waals surface area contributed by atoms with Gasteiger partial charge in [0.25, 0.3) is 5.91 Å². The van der Waals surface area contributed by atoms with E-state index >= 15 is 0 Å². The first-order chi connectivity index (χ1) is 16.0. The Morgan fingerprint density at radius 2 is 1.88 bits per heavy atom. The maximum absolute atomic E-state index is 13.2. The standard InChI is InChI=1S/C27H27N5O/c1-27(2)17-28-15-19-14-20(10-11-22(19)27)32-26(33)21-7-3-4-8-23(21)31-16-18-6-5-9-24-25(18)30-13-12-29-24/h3-14,28,31H,15-17H2,1-2H3,(H,32,33). The van der Waals surface area contributed by atoms with Crippen molar-refractivity contribution in [2.24, 2.45) is 0 Å². The van der Waals surface area contributed by atoms with Crippen LogP contribution < -0.4 is 16.0 Å². The lowest BCUT2D eigenvalue weighted by atomic mass is 9.79. The predicted octanol–water partition coefficient (Wildman–Crippen LogP) is 4.88. The van der Waals surface area contributed by atoms with Gasteiger partial charge < -0.3 is 16.0 Å². The van der Waals surface area contributed by atoms with Gasteiger partial charge in [0, 0.05) is 48.8 Å². The lowest BCUT2D eigenvalue weighted by Gasteiger charge is -2.33. The van der Waals surface area contributed by atoms with Gasteiger partial charge in [-0.15, -0.1) is 0 Å². The fraction of sp³-hybridized carbons (Fsp3) is 0.222. The largest absolute Gasteiger partial charge is 0.380 e. The summed E-state index contributed by atoms with van der Waals surface area (Å²) >= 11 is 0. The van der Waals surface area contributed by atoms with Gasteiger partial charge in [0.15, 0.2) is 0 Å². The monoisotopic (exact) mass is 437 g/mol. The highest BCUT2D eigenvalue weighted by atomic mass is 16.1. The van der Waals surface area contributed by atoms with Crippen LogP contribution in [0.5, 0.6) is 0 Å². The lowest BCUT2D eigenvalue weighted by Crippen LogP contribution is -2.38. The average molecular weight is 438 g/mol. The quantitative estimate of drug-likeness (QED) is 0.415. The van der Waals surface area contributed by atoms with Crippen LogP contribution in [0.1, 0.15) is 40.9 Å². The topological polar surface area (TPSA) is 78.9 Å².